The van der Waals surface area contributed by atoms with E-state index in [0.29, 0.717) is 5.75 Å². The molecule has 0 aliphatic heterocycles. The lowest BCUT2D eigenvalue weighted by Crippen LogP contribution is -2.61. The molecular formula is C19H30NO+. The first kappa shape index (κ1) is 14.9. The third kappa shape index (κ3) is 2.96. The second-order valence-corrected chi connectivity index (χ2v) is 7.25. The summed E-state index contributed by atoms with van der Waals surface area (Å²) in [7, 11) is 2.45. The summed E-state index contributed by atoms with van der Waals surface area (Å²) in [6.07, 6.45) is 13.7. The molecule has 0 bridgehead atoms. The minimum absolute atomic E-state index is 0.420. The molecule has 2 nitrogen and oxygen atoms in total. The second-order valence-electron chi connectivity index (χ2n) is 7.25. The van der Waals surface area contributed by atoms with Gasteiger partial charge in [0.1, 0.15) is 11.4 Å². The van der Waals surface area contributed by atoms with Gasteiger partial charge in [-0.15, -0.1) is 0 Å². The first-order chi connectivity index (χ1) is 10.2. The molecule has 0 saturated heterocycles. The monoisotopic (exact) mass is 288 g/mol. The highest BCUT2D eigenvalue weighted by atomic mass is 16.3. The van der Waals surface area contributed by atoms with Crippen LogP contribution < -0.4 is 4.48 Å². The first-order valence-electron chi connectivity index (χ1n) is 8.87. The zero-order valence-electron chi connectivity index (χ0n) is 13.4. The minimum atomic E-state index is 0.420. The van der Waals surface area contributed by atoms with E-state index in [4.69, 9.17) is 0 Å². The first-order valence-corrected chi connectivity index (χ1v) is 8.87. The molecule has 3 rings (SSSR count). The van der Waals surface area contributed by atoms with Crippen molar-refractivity contribution in [2.24, 2.45) is 0 Å². The van der Waals surface area contributed by atoms with Crippen molar-refractivity contribution < 1.29 is 5.11 Å². The molecule has 2 heteroatoms. The average Bonchev–Trinajstić information content (AvgIpc) is 2.56. The number of hydrogen-bond donors (Lipinski definition) is 1. The van der Waals surface area contributed by atoms with E-state index in [1.165, 1.54) is 69.9 Å². The fourth-order valence-corrected chi connectivity index (χ4v) is 4.75. The van der Waals surface area contributed by atoms with E-state index >= 15 is 0 Å². The Morgan fingerprint density at radius 1 is 0.857 bits per heavy atom. The van der Waals surface area contributed by atoms with Crippen LogP contribution in [0.25, 0.3) is 0 Å². The lowest BCUT2D eigenvalue weighted by atomic mass is 9.85. The Labute approximate surface area is 129 Å². The van der Waals surface area contributed by atoms with Crippen molar-refractivity contribution in [1.82, 2.24) is 4.48 Å². The van der Waals surface area contributed by atoms with E-state index in [1.807, 2.05) is 12.1 Å². The van der Waals surface area contributed by atoms with Gasteiger partial charge in [0.25, 0.3) is 0 Å². The summed E-state index contributed by atoms with van der Waals surface area (Å²) in [6.45, 7) is 0. The van der Waals surface area contributed by atoms with Gasteiger partial charge >= 0.3 is 0 Å². The van der Waals surface area contributed by atoms with Crippen LogP contribution >= 0.6 is 0 Å². The summed E-state index contributed by atoms with van der Waals surface area (Å²) < 4.78 is 1.06. The van der Waals surface area contributed by atoms with Crippen LogP contribution in [-0.4, -0.2) is 24.2 Å². The second kappa shape index (κ2) is 6.39. The highest BCUT2D eigenvalue weighted by Crippen LogP contribution is 2.40. The molecule has 1 N–H and O–H groups in total. The number of rotatable bonds is 3. The number of benzene rings is 1. The summed E-state index contributed by atoms with van der Waals surface area (Å²) >= 11 is 0. The number of phenols is 1. The number of nitrogens with zero attached hydrogens (tertiary/aromatic N) is 1. The van der Waals surface area contributed by atoms with Crippen LogP contribution in [0, 0.1) is 0 Å². The van der Waals surface area contributed by atoms with Crippen molar-refractivity contribution in [2.75, 3.05) is 7.05 Å². The SMILES string of the molecule is C[N+](c1cccc(O)c1)(C1CCCCC1)C1CCCCC1. The summed E-state index contributed by atoms with van der Waals surface area (Å²) in [4.78, 5) is 0. The normalized spacial score (nSPS) is 22.3. The average molecular weight is 288 g/mol. The molecule has 2 saturated carbocycles. The van der Waals surface area contributed by atoms with Gasteiger partial charge in [-0.25, -0.2) is 0 Å². The molecule has 0 spiro atoms. The number of phenolic OH excluding ortho intramolecular Hbond substituents is 1. The lowest BCUT2D eigenvalue weighted by molar-refractivity contribution is 0.114. The molecule has 0 amide bonds. The molecule has 2 aliphatic carbocycles. The maximum absolute atomic E-state index is 9.96. The van der Waals surface area contributed by atoms with Gasteiger partial charge in [0.2, 0.25) is 0 Å². The van der Waals surface area contributed by atoms with Gasteiger partial charge in [0, 0.05) is 6.07 Å². The molecule has 2 fully saturated rings. The van der Waals surface area contributed by atoms with Crippen molar-refractivity contribution in [1.29, 1.82) is 0 Å². The van der Waals surface area contributed by atoms with Gasteiger partial charge in [-0.1, -0.05) is 18.9 Å². The van der Waals surface area contributed by atoms with E-state index in [2.05, 4.69) is 13.1 Å². The smallest absolute Gasteiger partial charge is 0.136 e. The predicted molar refractivity (Wildman–Crippen MR) is 89.6 cm³/mol. The van der Waals surface area contributed by atoms with E-state index in [9.17, 15) is 5.11 Å². The summed E-state index contributed by atoms with van der Waals surface area (Å²) in [5.41, 5.74) is 1.33. The van der Waals surface area contributed by atoms with E-state index in [1.54, 1.807) is 6.07 Å². The summed E-state index contributed by atoms with van der Waals surface area (Å²) in [5, 5.41) is 9.96. The fraction of sp³-hybridized carbons (Fsp3) is 0.684. The summed E-state index contributed by atoms with van der Waals surface area (Å²) in [5.74, 6) is 0.420. The zero-order valence-corrected chi connectivity index (χ0v) is 13.4. The number of aromatic hydroxyl groups is 1. The van der Waals surface area contributed by atoms with Crippen LogP contribution in [0.1, 0.15) is 64.2 Å². The maximum atomic E-state index is 9.96. The Morgan fingerprint density at radius 2 is 1.38 bits per heavy atom. The lowest BCUT2D eigenvalue weighted by Gasteiger charge is -2.49. The van der Waals surface area contributed by atoms with E-state index in [-0.39, 0.29) is 0 Å². The van der Waals surface area contributed by atoms with Crippen molar-refractivity contribution in [3.8, 4) is 5.75 Å². The van der Waals surface area contributed by atoms with Crippen LogP contribution in [0.4, 0.5) is 5.69 Å². The van der Waals surface area contributed by atoms with Crippen LogP contribution in [0.15, 0.2) is 24.3 Å². The van der Waals surface area contributed by atoms with E-state index < -0.39 is 0 Å². The predicted octanol–water partition coefficient (Wildman–Crippen LogP) is 4.99. The largest absolute Gasteiger partial charge is 0.508 e. The topological polar surface area (TPSA) is 20.2 Å². The fourth-order valence-electron chi connectivity index (χ4n) is 4.75. The van der Waals surface area contributed by atoms with Gasteiger partial charge in [0.15, 0.2) is 0 Å². The van der Waals surface area contributed by atoms with Gasteiger partial charge in [-0.3, -0.25) is 4.48 Å². The molecule has 1 aromatic carbocycles. The number of quaternary nitrogens is 1. The quantitative estimate of drug-likeness (QED) is 0.776. The highest BCUT2D eigenvalue weighted by molar-refractivity contribution is 5.48. The van der Waals surface area contributed by atoms with Gasteiger partial charge in [-0.05, 0) is 63.5 Å². The molecule has 1 aromatic rings. The molecule has 0 radical (unpaired) electrons. The molecular weight excluding hydrogens is 258 g/mol. The Bertz CT molecular complexity index is 440. The van der Waals surface area contributed by atoms with Crippen molar-refractivity contribution in [3.05, 3.63) is 24.3 Å². The Balaban J connectivity index is 1.96. The molecule has 0 atom stereocenters. The van der Waals surface area contributed by atoms with Crippen molar-refractivity contribution in [3.63, 3.8) is 0 Å². The van der Waals surface area contributed by atoms with Gasteiger partial charge < -0.3 is 5.11 Å². The molecule has 21 heavy (non-hydrogen) atoms. The van der Waals surface area contributed by atoms with Crippen LogP contribution in [0.5, 0.6) is 5.75 Å². The zero-order chi connectivity index (χ0) is 14.7. The van der Waals surface area contributed by atoms with Crippen molar-refractivity contribution >= 4 is 5.69 Å². The van der Waals surface area contributed by atoms with Crippen LogP contribution in [0.3, 0.4) is 0 Å². The standard InChI is InChI=1S/C19H29NO/c1-20(16-9-4-2-5-10-16,17-11-6-3-7-12-17)18-13-8-14-19(21)15-18/h8,13-17H,2-7,9-12H2,1H3/p+1. The molecule has 0 aromatic heterocycles. The highest BCUT2D eigenvalue weighted by Gasteiger charge is 2.42. The van der Waals surface area contributed by atoms with E-state index in [0.717, 1.165) is 16.6 Å². The number of hydrogen-bond acceptors (Lipinski definition) is 1. The Morgan fingerprint density at radius 3 is 1.86 bits per heavy atom. The molecule has 2 aliphatic rings. The van der Waals surface area contributed by atoms with Crippen LogP contribution in [0.2, 0.25) is 0 Å². The minimum Gasteiger partial charge on any atom is -0.508 e. The van der Waals surface area contributed by atoms with Gasteiger partial charge in [0.05, 0.1) is 19.1 Å². The molecule has 0 heterocycles. The molecule has 116 valence electrons. The summed E-state index contributed by atoms with van der Waals surface area (Å²) in [6, 6.07) is 9.56. The maximum Gasteiger partial charge on any atom is 0.136 e. The third-order valence-electron chi connectivity index (χ3n) is 6.05. The molecule has 0 unspecified atom stereocenters. The Hall–Kier alpha value is -1.02. The van der Waals surface area contributed by atoms with Gasteiger partial charge in [-0.2, -0.15) is 0 Å². The Kier molecular flexibility index (Phi) is 4.54. The third-order valence-corrected chi connectivity index (χ3v) is 6.05. The van der Waals surface area contributed by atoms with Crippen molar-refractivity contribution in [2.45, 2.75) is 76.3 Å². The van der Waals surface area contributed by atoms with Crippen LogP contribution in [-0.2, 0) is 0 Å².